The van der Waals surface area contributed by atoms with Crippen LogP contribution in [0.4, 0.5) is 11.4 Å². The molecule has 0 unspecified atom stereocenters. The van der Waals surface area contributed by atoms with E-state index in [9.17, 15) is 14.9 Å². The van der Waals surface area contributed by atoms with Crippen molar-refractivity contribution in [3.8, 4) is 22.8 Å². The molecule has 36 heavy (non-hydrogen) atoms. The highest BCUT2D eigenvalue weighted by Gasteiger charge is 2.17. The molecular weight excluding hydrogens is 482 g/mol. The Morgan fingerprint density at radius 3 is 2.69 bits per heavy atom. The number of anilines is 1. The predicted molar refractivity (Wildman–Crippen MR) is 138 cm³/mol. The molecule has 0 aliphatic heterocycles. The number of carbonyl (C=O) groups is 1. The van der Waals surface area contributed by atoms with Crippen LogP contribution in [0.25, 0.3) is 40.0 Å². The van der Waals surface area contributed by atoms with E-state index in [1.807, 2.05) is 25.1 Å². The van der Waals surface area contributed by atoms with Crippen LogP contribution < -0.4 is 5.32 Å². The summed E-state index contributed by atoms with van der Waals surface area (Å²) in [4.78, 5) is 27.8. The lowest BCUT2D eigenvalue weighted by molar-refractivity contribution is -0.384. The maximum atomic E-state index is 12.5. The molecule has 2 aromatic heterocycles. The number of amides is 1. The average molecular weight is 500 g/mol. The van der Waals surface area contributed by atoms with E-state index < -0.39 is 10.8 Å². The summed E-state index contributed by atoms with van der Waals surface area (Å²) in [6.07, 6.45) is 2.78. The van der Waals surface area contributed by atoms with Gasteiger partial charge in [-0.2, -0.15) is 0 Å². The molecular formula is C27H18ClN3O5. The summed E-state index contributed by atoms with van der Waals surface area (Å²) in [6, 6.07) is 20.3. The van der Waals surface area contributed by atoms with Crippen molar-refractivity contribution < 1.29 is 18.6 Å². The molecule has 0 aliphatic carbocycles. The highest BCUT2D eigenvalue weighted by molar-refractivity contribution is 6.33. The molecule has 0 saturated carbocycles. The maximum Gasteiger partial charge on any atom is 0.280 e. The van der Waals surface area contributed by atoms with Crippen molar-refractivity contribution in [2.24, 2.45) is 0 Å². The molecule has 0 radical (unpaired) electrons. The first-order valence-electron chi connectivity index (χ1n) is 10.9. The number of aromatic nitrogens is 1. The number of nitrogens with one attached hydrogen (secondary N) is 1. The van der Waals surface area contributed by atoms with Crippen LogP contribution in [0.2, 0.25) is 5.02 Å². The quantitative estimate of drug-likeness (QED) is 0.149. The molecule has 1 N–H and O–H groups in total. The lowest BCUT2D eigenvalue weighted by Crippen LogP contribution is -2.07. The molecule has 0 aliphatic rings. The van der Waals surface area contributed by atoms with Gasteiger partial charge in [-0.1, -0.05) is 29.8 Å². The molecule has 178 valence electrons. The van der Waals surface area contributed by atoms with Gasteiger partial charge in [0.25, 0.3) is 5.69 Å². The number of aryl methyl sites for hydroxylation is 1. The SMILES string of the molecule is Cc1ccc2nc(-c3cc(NC(=O)/C=C/c4ccc(-c5ccccc5[N+](=O)[O-])o4)ccc3Cl)oc2c1. The van der Waals surface area contributed by atoms with Gasteiger partial charge in [-0.05, 0) is 67.1 Å². The zero-order chi connectivity index (χ0) is 25.2. The van der Waals surface area contributed by atoms with Gasteiger partial charge in [0.15, 0.2) is 5.58 Å². The van der Waals surface area contributed by atoms with Crippen LogP contribution in [0, 0.1) is 17.0 Å². The number of para-hydroxylation sites is 1. The fourth-order valence-corrected chi connectivity index (χ4v) is 3.88. The third-order valence-corrected chi connectivity index (χ3v) is 5.73. The fourth-order valence-electron chi connectivity index (χ4n) is 3.68. The van der Waals surface area contributed by atoms with Crippen LogP contribution in [-0.4, -0.2) is 15.8 Å². The topological polar surface area (TPSA) is 111 Å². The van der Waals surface area contributed by atoms with Gasteiger partial charge >= 0.3 is 0 Å². The second-order valence-electron chi connectivity index (χ2n) is 7.98. The van der Waals surface area contributed by atoms with Gasteiger partial charge in [-0.25, -0.2) is 4.98 Å². The smallest absolute Gasteiger partial charge is 0.280 e. The Kier molecular flexibility index (Phi) is 6.10. The van der Waals surface area contributed by atoms with E-state index in [2.05, 4.69) is 10.3 Å². The molecule has 0 saturated heterocycles. The Morgan fingerprint density at radius 2 is 1.86 bits per heavy atom. The Morgan fingerprint density at radius 1 is 1.03 bits per heavy atom. The first-order valence-corrected chi connectivity index (χ1v) is 11.2. The second-order valence-corrected chi connectivity index (χ2v) is 8.39. The number of fused-ring (bicyclic) bond motifs is 1. The molecule has 3 aromatic carbocycles. The van der Waals surface area contributed by atoms with E-state index in [-0.39, 0.29) is 5.69 Å². The molecule has 0 fully saturated rings. The number of furan rings is 1. The summed E-state index contributed by atoms with van der Waals surface area (Å²) in [7, 11) is 0. The van der Waals surface area contributed by atoms with Crippen molar-refractivity contribution in [3.05, 3.63) is 105 Å². The van der Waals surface area contributed by atoms with E-state index in [1.54, 1.807) is 48.5 Å². The molecule has 8 nitrogen and oxygen atoms in total. The summed E-state index contributed by atoms with van der Waals surface area (Å²) in [5.41, 5.74) is 3.76. The van der Waals surface area contributed by atoms with Crippen molar-refractivity contribution in [2.45, 2.75) is 6.92 Å². The fraction of sp³-hybridized carbons (Fsp3) is 0.0370. The molecule has 2 heterocycles. The third-order valence-electron chi connectivity index (χ3n) is 5.40. The van der Waals surface area contributed by atoms with Crippen LogP contribution >= 0.6 is 11.6 Å². The Balaban J connectivity index is 1.32. The van der Waals surface area contributed by atoms with E-state index in [1.165, 1.54) is 18.2 Å². The van der Waals surface area contributed by atoms with E-state index in [4.69, 9.17) is 20.4 Å². The Bertz CT molecular complexity index is 1650. The van der Waals surface area contributed by atoms with E-state index in [0.717, 1.165) is 5.56 Å². The molecule has 1 amide bonds. The number of benzene rings is 3. The molecule has 5 rings (SSSR count). The summed E-state index contributed by atoms with van der Waals surface area (Å²) in [6.45, 7) is 1.97. The van der Waals surface area contributed by atoms with Gasteiger partial charge in [-0.15, -0.1) is 0 Å². The van der Waals surface area contributed by atoms with Crippen molar-refractivity contribution in [2.75, 3.05) is 5.32 Å². The first kappa shape index (κ1) is 23.1. The number of oxazole rings is 1. The van der Waals surface area contributed by atoms with Crippen molar-refractivity contribution in [3.63, 3.8) is 0 Å². The normalized spacial score (nSPS) is 11.3. The number of carbonyl (C=O) groups excluding carboxylic acids is 1. The number of hydrogen-bond donors (Lipinski definition) is 1. The van der Waals surface area contributed by atoms with Crippen LogP contribution in [0.5, 0.6) is 0 Å². The molecule has 0 atom stereocenters. The van der Waals surface area contributed by atoms with Crippen LogP contribution in [0.3, 0.4) is 0 Å². The van der Waals surface area contributed by atoms with Gasteiger partial charge in [0.2, 0.25) is 11.8 Å². The number of hydrogen-bond acceptors (Lipinski definition) is 6. The maximum absolute atomic E-state index is 12.5. The average Bonchev–Trinajstić information content (AvgIpc) is 3.51. The lowest BCUT2D eigenvalue weighted by Gasteiger charge is -2.05. The zero-order valence-electron chi connectivity index (χ0n) is 18.9. The monoisotopic (exact) mass is 499 g/mol. The first-order chi connectivity index (χ1) is 17.4. The molecule has 0 spiro atoms. The van der Waals surface area contributed by atoms with E-state index in [0.29, 0.717) is 50.3 Å². The lowest BCUT2D eigenvalue weighted by atomic mass is 10.1. The van der Waals surface area contributed by atoms with Crippen LogP contribution in [-0.2, 0) is 4.79 Å². The van der Waals surface area contributed by atoms with E-state index >= 15 is 0 Å². The second kappa shape index (κ2) is 9.52. The summed E-state index contributed by atoms with van der Waals surface area (Å²) in [5.74, 6) is 0.653. The largest absolute Gasteiger partial charge is 0.456 e. The van der Waals surface area contributed by atoms with Gasteiger partial charge < -0.3 is 14.2 Å². The minimum atomic E-state index is -0.469. The van der Waals surface area contributed by atoms with Crippen LogP contribution in [0.15, 0.2) is 87.7 Å². The van der Waals surface area contributed by atoms with Crippen molar-refractivity contribution in [1.29, 1.82) is 0 Å². The number of nitrogens with zero attached hydrogens (tertiary/aromatic N) is 2. The molecule has 0 bridgehead atoms. The third kappa shape index (κ3) is 4.75. The van der Waals surface area contributed by atoms with Crippen molar-refractivity contribution >= 4 is 46.1 Å². The number of halogens is 1. The Hall–Kier alpha value is -4.69. The highest BCUT2D eigenvalue weighted by atomic mass is 35.5. The minimum Gasteiger partial charge on any atom is -0.456 e. The van der Waals surface area contributed by atoms with Gasteiger partial charge in [0.1, 0.15) is 17.0 Å². The van der Waals surface area contributed by atoms with Gasteiger partial charge in [0, 0.05) is 17.8 Å². The van der Waals surface area contributed by atoms with Crippen molar-refractivity contribution in [1.82, 2.24) is 4.98 Å². The molecule has 5 aromatic rings. The summed E-state index contributed by atoms with van der Waals surface area (Å²) in [5, 5.41) is 14.5. The zero-order valence-corrected chi connectivity index (χ0v) is 19.7. The summed E-state index contributed by atoms with van der Waals surface area (Å²) >= 11 is 6.37. The van der Waals surface area contributed by atoms with Gasteiger partial charge in [-0.3, -0.25) is 14.9 Å². The summed E-state index contributed by atoms with van der Waals surface area (Å²) < 4.78 is 11.5. The minimum absolute atomic E-state index is 0.0623. The van der Waals surface area contributed by atoms with Crippen LogP contribution in [0.1, 0.15) is 11.3 Å². The number of rotatable bonds is 6. The number of nitro groups is 1. The number of nitro benzene ring substituents is 1. The highest BCUT2D eigenvalue weighted by Crippen LogP contribution is 2.33. The molecule has 9 heteroatoms. The Labute approximate surface area is 210 Å². The predicted octanol–water partition coefficient (Wildman–Crippen LogP) is 7.28. The van der Waals surface area contributed by atoms with Gasteiger partial charge in [0.05, 0.1) is 21.1 Å². The standard InChI is InChI=1S/C27H18ClN3O5/c1-16-6-11-22-25(14-16)36-27(30-22)20-15-17(7-10-21(20)28)29-26(32)13-9-18-8-12-24(35-18)19-4-2-3-5-23(19)31(33)34/h2-15H,1H3,(H,29,32)/b13-9+.